The maximum absolute atomic E-state index is 14.3. The van der Waals surface area contributed by atoms with Crippen LogP contribution in [-0.4, -0.2) is 26.2 Å². The second-order valence-corrected chi connectivity index (χ2v) is 7.14. The number of carbonyl (C=O) groups is 1. The summed E-state index contributed by atoms with van der Waals surface area (Å²) >= 11 is 0. The van der Waals surface area contributed by atoms with Gasteiger partial charge in [0.1, 0.15) is 17.3 Å². The van der Waals surface area contributed by atoms with Gasteiger partial charge in [0.2, 0.25) is 11.6 Å². The molecule has 0 spiro atoms. The first kappa shape index (κ1) is 17.1. The van der Waals surface area contributed by atoms with Crippen molar-refractivity contribution in [3.63, 3.8) is 0 Å². The minimum Gasteiger partial charge on any atom is -0.285 e. The van der Waals surface area contributed by atoms with E-state index in [1.807, 2.05) is 6.92 Å². The van der Waals surface area contributed by atoms with Crippen LogP contribution >= 0.6 is 0 Å². The van der Waals surface area contributed by atoms with E-state index in [-0.39, 0.29) is 29.9 Å². The van der Waals surface area contributed by atoms with Crippen LogP contribution in [0.1, 0.15) is 67.1 Å². The monoisotopic (exact) mass is 357 g/mol. The van der Waals surface area contributed by atoms with Crippen LogP contribution in [0.3, 0.4) is 0 Å². The van der Waals surface area contributed by atoms with Gasteiger partial charge in [-0.2, -0.15) is 0 Å². The van der Waals surface area contributed by atoms with Crippen LogP contribution in [0.15, 0.2) is 35.9 Å². The first-order valence-corrected chi connectivity index (χ1v) is 9.13. The second-order valence-electron chi connectivity index (χ2n) is 7.14. The van der Waals surface area contributed by atoms with Crippen LogP contribution in [0.2, 0.25) is 0 Å². The first-order chi connectivity index (χ1) is 12.5. The molecule has 2 aliphatic rings. The molecule has 1 aromatic heterocycles. The Labute approximate surface area is 150 Å². The minimum atomic E-state index is -1.21. The molecule has 1 aromatic carbocycles. The van der Waals surface area contributed by atoms with E-state index in [4.69, 9.17) is 0 Å². The number of halogens is 2. The lowest BCUT2D eigenvalue weighted by molar-refractivity contribution is 0.0992. The summed E-state index contributed by atoms with van der Waals surface area (Å²) in [6, 6.07) is 6.39. The van der Waals surface area contributed by atoms with Gasteiger partial charge in [0.15, 0.2) is 0 Å². The van der Waals surface area contributed by atoms with Crippen molar-refractivity contribution in [2.24, 2.45) is 0 Å². The molecule has 0 amide bonds. The molecule has 6 heteroatoms. The summed E-state index contributed by atoms with van der Waals surface area (Å²) in [5, 5.41) is 4.38. The summed E-state index contributed by atoms with van der Waals surface area (Å²) in [6.07, 6.45) is 4.53. The predicted octanol–water partition coefficient (Wildman–Crippen LogP) is 4.36. The number of benzene rings is 1. The summed E-state index contributed by atoms with van der Waals surface area (Å²) < 4.78 is 30.1. The van der Waals surface area contributed by atoms with Crippen molar-refractivity contribution in [2.75, 3.05) is 0 Å². The fraction of sp³-hybridized carbons (Fsp3) is 0.450. The van der Waals surface area contributed by atoms with Crippen molar-refractivity contribution >= 4 is 5.78 Å². The molecule has 1 aliphatic heterocycles. The van der Waals surface area contributed by atoms with Gasteiger partial charge in [0, 0.05) is 18.4 Å². The van der Waals surface area contributed by atoms with Gasteiger partial charge in [-0.1, -0.05) is 31.2 Å². The third-order valence-corrected chi connectivity index (χ3v) is 5.59. The molecule has 4 nitrogen and oxygen atoms in total. The fourth-order valence-corrected chi connectivity index (χ4v) is 3.83. The third kappa shape index (κ3) is 2.87. The molecule has 4 rings (SSSR count). The summed E-state index contributed by atoms with van der Waals surface area (Å²) in [6.45, 7) is 1.82. The van der Waals surface area contributed by atoms with E-state index in [2.05, 4.69) is 10.1 Å². The van der Waals surface area contributed by atoms with Gasteiger partial charge < -0.3 is 0 Å². The third-order valence-electron chi connectivity index (χ3n) is 5.59. The highest BCUT2D eigenvalue weighted by Crippen LogP contribution is 2.35. The highest BCUT2D eigenvalue weighted by Gasteiger charge is 2.34. The smallest absolute Gasteiger partial charge is 0.227 e. The number of aryl methyl sites for hydroxylation is 1. The van der Waals surface area contributed by atoms with E-state index in [1.54, 1.807) is 29.0 Å². The molecule has 2 aromatic rings. The molecule has 0 saturated heterocycles. The molecule has 0 fully saturated rings. The lowest BCUT2D eigenvalue weighted by Crippen LogP contribution is -2.26. The maximum atomic E-state index is 14.3. The Morgan fingerprint density at radius 2 is 2.15 bits per heavy atom. The molecule has 26 heavy (non-hydrogen) atoms. The van der Waals surface area contributed by atoms with Crippen molar-refractivity contribution in [1.29, 1.82) is 0 Å². The molecular formula is C20H21F2N3O. The van der Waals surface area contributed by atoms with Crippen LogP contribution in [0.4, 0.5) is 8.78 Å². The number of ketones is 1. The largest absolute Gasteiger partial charge is 0.285 e. The number of allylic oxidation sites excluding steroid dienone is 2. The molecule has 0 radical (unpaired) electrons. The van der Waals surface area contributed by atoms with Crippen molar-refractivity contribution in [3.05, 3.63) is 58.9 Å². The Morgan fingerprint density at radius 1 is 1.35 bits per heavy atom. The molecule has 0 bridgehead atoms. The van der Waals surface area contributed by atoms with Crippen molar-refractivity contribution in [2.45, 2.75) is 57.2 Å². The van der Waals surface area contributed by atoms with E-state index in [0.717, 1.165) is 0 Å². The first-order valence-electron chi connectivity index (χ1n) is 9.13. The lowest BCUT2D eigenvalue weighted by atomic mass is 9.84. The SMILES string of the molecule is CCC1(F)CC=C(C(=O)c2nc3n(n2)[C@H](c2ccccc2F)CC3)CC1. The van der Waals surface area contributed by atoms with E-state index >= 15 is 0 Å². The number of hydrogen-bond donors (Lipinski definition) is 0. The van der Waals surface area contributed by atoms with Crippen LogP contribution in [-0.2, 0) is 6.42 Å². The second kappa shape index (κ2) is 6.41. The van der Waals surface area contributed by atoms with E-state index < -0.39 is 5.67 Å². The van der Waals surface area contributed by atoms with E-state index in [9.17, 15) is 13.6 Å². The Hall–Kier alpha value is -2.37. The number of aromatic nitrogens is 3. The van der Waals surface area contributed by atoms with Gasteiger partial charge in [-0.15, -0.1) is 5.10 Å². The van der Waals surface area contributed by atoms with Gasteiger partial charge in [0.05, 0.1) is 6.04 Å². The average Bonchev–Trinajstić information content (AvgIpc) is 3.23. The molecule has 0 N–H and O–H groups in total. The number of rotatable bonds is 4. The number of alkyl halides is 1. The zero-order chi connectivity index (χ0) is 18.3. The van der Waals surface area contributed by atoms with Crippen molar-refractivity contribution in [3.8, 4) is 0 Å². The Bertz CT molecular complexity index is 889. The van der Waals surface area contributed by atoms with E-state index in [0.29, 0.717) is 49.1 Å². The highest BCUT2D eigenvalue weighted by molar-refractivity contribution is 6.06. The standard InChI is InChI=1S/C20H21F2N3O/c1-2-20(22)11-9-13(10-12-20)18(26)19-23-17-8-7-16(25(17)24-19)14-5-3-4-6-15(14)21/h3-6,9,16H,2,7-8,10-12H2,1H3/t16-,20?/m0/s1. The van der Waals surface area contributed by atoms with Gasteiger partial charge in [-0.05, 0) is 37.3 Å². The zero-order valence-electron chi connectivity index (χ0n) is 14.7. The van der Waals surface area contributed by atoms with Crippen molar-refractivity contribution < 1.29 is 13.6 Å². The number of carbonyl (C=O) groups excluding carboxylic acids is 1. The number of nitrogens with zero attached hydrogens (tertiary/aromatic N) is 3. The van der Waals surface area contributed by atoms with Gasteiger partial charge in [0.25, 0.3) is 0 Å². The van der Waals surface area contributed by atoms with Crippen LogP contribution in [0.5, 0.6) is 0 Å². The number of hydrogen-bond acceptors (Lipinski definition) is 3. The minimum absolute atomic E-state index is 0.134. The molecule has 0 saturated carbocycles. The van der Waals surface area contributed by atoms with Gasteiger partial charge >= 0.3 is 0 Å². The van der Waals surface area contributed by atoms with Gasteiger partial charge in [-0.25, -0.2) is 18.4 Å². The zero-order valence-corrected chi connectivity index (χ0v) is 14.7. The fourth-order valence-electron chi connectivity index (χ4n) is 3.83. The Kier molecular flexibility index (Phi) is 4.21. The maximum Gasteiger partial charge on any atom is 0.227 e. The molecule has 1 aliphatic carbocycles. The average molecular weight is 357 g/mol. The Balaban J connectivity index is 1.59. The predicted molar refractivity (Wildman–Crippen MR) is 93.3 cm³/mol. The van der Waals surface area contributed by atoms with Crippen LogP contribution in [0, 0.1) is 5.82 Å². The highest BCUT2D eigenvalue weighted by atomic mass is 19.1. The molecular weight excluding hydrogens is 336 g/mol. The normalized spacial score (nSPS) is 25.0. The molecule has 1 unspecified atom stereocenters. The molecule has 136 valence electrons. The summed E-state index contributed by atoms with van der Waals surface area (Å²) in [4.78, 5) is 17.1. The number of Topliss-reactive ketones (excluding diaryl/α,β-unsaturated/α-hetero) is 1. The molecule has 2 atom stereocenters. The lowest BCUT2D eigenvalue weighted by Gasteiger charge is -2.26. The van der Waals surface area contributed by atoms with Gasteiger partial charge in [-0.3, -0.25) is 4.79 Å². The molecule has 2 heterocycles. The van der Waals surface area contributed by atoms with Crippen molar-refractivity contribution in [1.82, 2.24) is 14.8 Å². The topological polar surface area (TPSA) is 47.8 Å². The summed E-state index contributed by atoms with van der Waals surface area (Å²) in [5.41, 5.74) is -0.0565. The van der Waals surface area contributed by atoms with Crippen LogP contribution in [0.25, 0.3) is 0 Å². The van der Waals surface area contributed by atoms with E-state index in [1.165, 1.54) is 6.07 Å². The number of fused-ring (bicyclic) bond motifs is 1. The summed E-state index contributed by atoms with van der Waals surface area (Å²) in [7, 11) is 0. The summed E-state index contributed by atoms with van der Waals surface area (Å²) in [5.74, 6) is 0.321. The van der Waals surface area contributed by atoms with Crippen LogP contribution < -0.4 is 0 Å². The quantitative estimate of drug-likeness (QED) is 0.764. The Morgan fingerprint density at radius 3 is 2.85 bits per heavy atom.